The summed E-state index contributed by atoms with van der Waals surface area (Å²) in [6, 6.07) is 14.9. The second-order valence-corrected chi connectivity index (χ2v) is 8.20. The fraction of sp³-hybridized carbons (Fsp3) is 0.522. The van der Waals surface area contributed by atoms with Gasteiger partial charge in [0, 0.05) is 31.6 Å². The molecule has 0 spiro atoms. The maximum atomic E-state index is 12.8. The van der Waals surface area contributed by atoms with Crippen LogP contribution in [0.4, 0.5) is 0 Å². The molecule has 0 N–H and O–H groups in total. The molecule has 4 rings (SSSR count). The Labute approximate surface area is 162 Å². The standard InChI is InChI=1S/C23H30N2O2/c1-24(20-11-6-3-7-12-20)15-19-16-25(23(26)22-13-8-14-27-22)17-21(19)18-9-4-2-5-10-18/h2,4-5,8-10,13-14,19-21H,3,6-7,11-12,15-17H2,1H3. The van der Waals surface area contributed by atoms with Crippen LogP contribution in [-0.2, 0) is 0 Å². The normalized spacial score (nSPS) is 23.9. The van der Waals surface area contributed by atoms with Crippen LogP contribution in [0.1, 0.15) is 54.1 Å². The predicted octanol–water partition coefficient (Wildman–Crippen LogP) is 4.40. The first-order chi connectivity index (χ1) is 13.2. The highest BCUT2D eigenvalue weighted by Crippen LogP contribution is 2.35. The summed E-state index contributed by atoms with van der Waals surface area (Å²) in [5.74, 6) is 1.31. The molecule has 2 aliphatic rings. The van der Waals surface area contributed by atoms with E-state index in [1.807, 2.05) is 4.90 Å². The molecule has 0 radical (unpaired) electrons. The van der Waals surface area contributed by atoms with Crippen molar-refractivity contribution in [2.24, 2.45) is 5.92 Å². The molecule has 0 bridgehead atoms. The summed E-state index contributed by atoms with van der Waals surface area (Å²) in [6.07, 6.45) is 8.29. The van der Waals surface area contributed by atoms with Crippen LogP contribution in [0.3, 0.4) is 0 Å². The lowest BCUT2D eigenvalue weighted by molar-refractivity contribution is 0.0749. The molecule has 2 fully saturated rings. The summed E-state index contributed by atoms with van der Waals surface area (Å²) < 4.78 is 5.36. The van der Waals surface area contributed by atoms with E-state index in [2.05, 4.69) is 42.3 Å². The van der Waals surface area contributed by atoms with Gasteiger partial charge in [-0.1, -0.05) is 49.6 Å². The van der Waals surface area contributed by atoms with E-state index >= 15 is 0 Å². The van der Waals surface area contributed by atoms with Crippen LogP contribution in [0.2, 0.25) is 0 Å². The summed E-state index contributed by atoms with van der Waals surface area (Å²) in [6.45, 7) is 2.62. The van der Waals surface area contributed by atoms with Crippen LogP contribution in [0.5, 0.6) is 0 Å². The molecule has 1 aromatic heterocycles. The van der Waals surface area contributed by atoms with Gasteiger partial charge in [-0.15, -0.1) is 0 Å². The zero-order valence-corrected chi connectivity index (χ0v) is 16.2. The number of likely N-dealkylation sites (tertiary alicyclic amines) is 1. The molecule has 2 aromatic rings. The Morgan fingerprint density at radius 1 is 1.07 bits per heavy atom. The van der Waals surface area contributed by atoms with Gasteiger partial charge in [-0.25, -0.2) is 0 Å². The first-order valence-corrected chi connectivity index (χ1v) is 10.3. The Hall–Kier alpha value is -2.07. The zero-order valence-electron chi connectivity index (χ0n) is 16.2. The number of benzene rings is 1. The molecule has 4 heteroatoms. The van der Waals surface area contributed by atoms with Gasteiger partial charge in [-0.05, 0) is 43.5 Å². The van der Waals surface area contributed by atoms with Crippen molar-refractivity contribution in [1.29, 1.82) is 0 Å². The average Bonchev–Trinajstić information content (AvgIpc) is 3.39. The molecule has 2 heterocycles. The van der Waals surface area contributed by atoms with E-state index in [0.717, 1.165) is 19.6 Å². The van der Waals surface area contributed by atoms with Crippen LogP contribution in [0, 0.1) is 5.92 Å². The molecule has 1 aliphatic heterocycles. The van der Waals surface area contributed by atoms with E-state index in [9.17, 15) is 4.79 Å². The molecule has 1 saturated heterocycles. The summed E-state index contributed by atoms with van der Waals surface area (Å²) in [5.41, 5.74) is 1.34. The topological polar surface area (TPSA) is 36.7 Å². The number of amides is 1. The Kier molecular flexibility index (Phi) is 5.63. The van der Waals surface area contributed by atoms with E-state index in [1.165, 1.54) is 37.7 Å². The molecule has 4 nitrogen and oxygen atoms in total. The second kappa shape index (κ2) is 8.30. The van der Waals surface area contributed by atoms with Crippen LogP contribution in [0.25, 0.3) is 0 Å². The highest BCUT2D eigenvalue weighted by atomic mass is 16.3. The molecule has 2 unspecified atom stereocenters. The molecule has 1 amide bonds. The van der Waals surface area contributed by atoms with Crippen LogP contribution < -0.4 is 0 Å². The lowest BCUT2D eigenvalue weighted by Gasteiger charge is -2.34. The van der Waals surface area contributed by atoms with Crippen LogP contribution >= 0.6 is 0 Å². The van der Waals surface area contributed by atoms with Gasteiger partial charge in [0.1, 0.15) is 0 Å². The third-order valence-electron chi connectivity index (χ3n) is 6.41. The molecule has 1 saturated carbocycles. The molecule has 1 aromatic carbocycles. The smallest absolute Gasteiger partial charge is 0.289 e. The van der Waals surface area contributed by atoms with Crippen molar-refractivity contribution in [2.45, 2.75) is 44.1 Å². The van der Waals surface area contributed by atoms with Crippen molar-refractivity contribution in [3.05, 3.63) is 60.1 Å². The van der Waals surface area contributed by atoms with Gasteiger partial charge in [0.15, 0.2) is 5.76 Å². The van der Waals surface area contributed by atoms with E-state index < -0.39 is 0 Å². The number of furan rings is 1. The van der Waals surface area contributed by atoms with Gasteiger partial charge < -0.3 is 14.2 Å². The monoisotopic (exact) mass is 366 g/mol. The summed E-state index contributed by atoms with van der Waals surface area (Å²) in [5, 5.41) is 0. The van der Waals surface area contributed by atoms with Crippen molar-refractivity contribution >= 4 is 5.91 Å². The maximum Gasteiger partial charge on any atom is 0.289 e. The van der Waals surface area contributed by atoms with Crippen molar-refractivity contribution in [1.82, 2.24) is 9.80 Å². The third-order valence-corrected chi connectivity index (χ3v) is 6.41. The lowest BCUT2D eigenvalue weighted by atomic mass is 9.87. The highest BCUT2D eigenvalue weighted by molar-refractivity contribution is 5.91. The number of rotatable bonds is 5. The number of carbonyl (C=O) groups is 1. The van der Waals surface area contributed by atoms with E-state index in [-0.39, 0.29) is 5.91 Å². The summed E-state index contributed by atoms with van der Waals surface area (Å²) >= 11 is 0. The number of carbonyl (C=O) groups excluding carboxylic acids is 1. The predicted molar refractivity (Wildman–Crippen MR) is 107 cm³/mol. The minimum absolute atomic E-state index is 0.0174. The maximum absolute atomic E-state index is 12.8. The van der Waals surface area contributed by atoms with Gasteiger partial charge in [0.2, 0.25) is 0 Å². The lowest BCUT2D eigenvalue weighted by Crippen LogP contribution is -2.38. The highest BCUT2D eigenvalue weighted by Gasteiger charge is 2.38. The number of nitrogens with zero attached hydrogens (tertiary/aromatic N) is 2. The quantitative estimate of drug-likeness (QED) is 0.787. The van der Waals surface area contributed by atoms with E-state index in [0.29, 0.717) is 23.6 Å². The van der Waals surface area contributed by atoms with E-state index in [1.54, 1.807) is 18.4 Å². The molecule has 144 valence electrons. The van der Waals surface area contributed by atoms with Gasteiger partial charge in [-0.2, -0.15) is 0 Å². The fourth-order valence-electron chi connectivity index (χ4n) is 4.90. The van der Waals surface area contributed by atoms with Crippen molar-refractivity contribution in [3.8, 4) is 0 Å². The first-order valence-electron chi connectivity index (χ1n) is 10.3. The van der Waals surface area contributed by atoms with Gasteiger partial charge in [0.05, 0.1) is 6.26 Å². The van der Waals surface area contributed by atoms with Crippen LogP contribution in [-0.4, -0.2) is 48.4 Å². The largest absolute Gasteiger partial charge is 0.459 e. The molecule has 2 atom stereocenters. The third kappa shape index (κ3) is 4.11. The van der Waals surface area contributed by atoms with Gasteiger partial charge in [0.25, 0.3) is 5.91 Å². The fourth-order valence-corrected chi connectivity index (χ4v) is 4.90. The Balaban J connectivity index is 1.50. The van der Waals surface area contributed by atoms with E-state index in [4.69, 9.17) is 4.42 Å². The Bertz CT molecular complexity index is 722. The SMILES string of the molecule is CN(CC1CN(C(=O)c2ccco2)CC1c1ccccc1)C1CCCCC1. The molecule has 27 heavy (non-hydrogen) atoms. The minimum Gasteiger partial charge on any atom is -0.459 e. The molecule has 1 aliphatic carbocycles. The minimum atomic E-state index is 0.0174. The summed E-state index contributed by atoms with van der Waals surface area (Å²) in [7, 11) is 2.27. The second-order valence-electron chi connectivity index (χ2n) is 8.20. The first kappa shape index (κ1) is 18.3. The zero-order chi connectivity index (χ0) is 18.6. The number of hydrogen-bond donors (Lipinski definition) is 0. The van der Waals surface area contributed by atoms with Gasteiger partial charge >= 0.3 is 0 Å². The summed E-state index contributed by atoms with van der Waals surface area (Å²) in [4.78, 5) is 17.4. The Morgan fingerprint density at radius 3 is 2.56 bits per heavy atom. The average molecular weight is 367 g/mol. The van der Waals surface area contributed by atoms with Crippen molar-refractivity contribution in [3.63, 3.8) is 0 Å². The molecular formula is C23H30N2O2. The number of hydrogen-bond acceptors (Lipinski definition) is 3. The van der Waals surface area contributed by atoms with Crippen molar-refractivity contribution in [2.75, 3.05) is 26.7 Å². The Morgan fingerprint density at radius 2 is 1.85 bits per heavy atom. The van der Waals surface area contributed by atoms with Crippen LogP contribution in [0.15, 0.2) is 53.1 Å². The van der Waals surface area contributed by atoms with Gasteiger partial charge in [-0.3, -0.25) is 4.79 Å². The molecular weight excluding hydrogens is 336 g/mol. The van der Waals surface area contributed by atoms with Crippen molar-refractivity contribution < 1.29 is 9.21 Å².